The molecule has 0 saturated carbocycles. The van der Waals surface area contributed by atoms with E-state index in [4.69, 9.17) is 18.9 Å². The lowest BCUT2D eigenvalue weighted by Crippen LogP contribution is -2.27. The first-order chi connectivity index (χ1) is 23.2. The van der Waals surface area contributed by atoms with Gasteiger partial charge in [0, 0.05) is 5.41 Å². The summed E-state index contributed by atoms with van der Waals surface area (Å²) in [5, 5.41) is 38.5. The zero-order valence-electron chi connectivity index (χ0n) is 26.2. The normalized spacial score (nSPS) is 17.1. The van der Waals surface area contributed by atoms with Crippen LogP contribution >= 0.6 is 0 Å². The van der Waals surface area contributed by atoms with Gasteiger partial charge in [0.15, 0.2) is 69.3 Å². The van der Waals surface area contributed by atoms with E-state index in [9.17, 15) is 38.6 Å². The van der Waals surface area contributed by atoms with Crippen LogP contribution < -0.4 is 18.9 Å². The zero-order valence-corrected chi connectivity index (χ0v) is 26.2. The van der Waals surface area contributed by atoms with E-state index < -0.39 is 73.3 Å². The van der Waals surface area contributed by atoms with Crippen LogP contribution in [0.15, 0.2) is 24.3 Å². The van der Waals surface area contributed by atoms with Crippen LogP contribution in [0.1, 0.15) is 85.0 Å². The third kappa shape index (κ3) is 3.69. The molecule has 8 rings (SSSR count). The zero-order chi connectivity index (χ0) is 34.9. The van der Waals surface area contributed by atoms with E-state index in [1.54, 1.807) is 48.5 Å². The molecule has 0 aromatic heterocycles. The van der Waals surface area contributed by atoms with Gasteiger partial charge in [-0.15, -0.1) is 0 Å². The predicted molar refractivity (Wildman–Crippen MR) is 161 cm³/mol. The van der Waals surface area contributed by atoms with Crippen molar-refractivity contribution in [3.05, 3.63) is 92.0 Å². The molecule has 4 aliphatic rings. The Hall–Kier alpha value is -6.24. The highest BCUT2D eigenvalue weighted by Gasteiger charge is 2.57. The monoisotopic (exact) mass is 660 g/mol. The van der Waals surface area contributed by atoms with Crippen LogP contribution in [-0.2, 0) is 16.2 Å². The van der Waals surface area contributed by atoms with Gasteiger partial charge in [0.05, 0.1) is 0 Å². The molecule has 0 saturated heterocycles. The van der Waals surface area contributed by atoms with Crippen molar-refractivity contribution >= 4 is 0 Å². The maximum Gasteiger partial charge on any atom is 0.192 e. The van der Waals surface area contributed by atoms with E-state index in [1.165, 1.54) is 0 Å². The summed E-state index contributed by atoms with van der Waals surface area (Å²) in [6.45, 7) is 8.20. The van der Waals surface area contributed by atoms with E-state index in [0.29, 0.717) is 12.8 Å². The minimum absolute atomic E-state index is 0.132. The molecule has 0 bridgehead atoms. The van der Waals surface area contributed by atoms with Gasteiger partial charge in [0.2, 0.25) is 0 Å². The van der Waals surface area contributed by atoms with Gasteiger partial charge in [-0.3, -0.25) is 0 Å². The molecule has 0 unspecified atom stereocenters. The minimum Gasteiger partial charge on any atom is -0.448 e. The molecule has 0 fully saturated rings. The van der Waals surface area contributed by atoms with E-state index >= 15 is 0 Å². The van der Waals surface area contributed by atoms with E-state index in [2.05, 4.69) is 0 Å². The summed E-state index contributed by atoms with van der Waals surface area (Å²) in [4.78, 5) is 0. The van der Waals surface area contributed by atoms with Crippen molar-refractivity contribution in [1.82, 2.24) is 0 Å². The van der Waals surface area contributed by atoms with Crippen molar-refractivity contribution in [2.75, 3.05) is 0 Å². The number of fused-ring (bicyclic) bond motifs is 8. The lowest BCUT2D eigenvalue weighted by molar-refractivity contribution is 0.344. The fourth-order valence-electron chi connectivity index (χ4n) is 8.16. The molecule has 49 heavy (non-hydrogen) atoms. The molecule has 12 heteroatoms. The highest BCUT2D eigenvalue weighted by atomic mass is 19.2. The molecule has 0 atom stereocenters. The summed E-state index contributed by atoms with van der Waals surface area (Å²) < 4.78 is 83.1. The van der Waals surface area contributed by atoms with Crippen molar-refractivity contribution < 1.29 is 36.5 Å². The summed E-state index contributed by atoms with van der Waals surface area (Å²) in [6, 6.07) is 13.4. The topological polar surface area (TPSA) is 132 Å². The average molecular weight is 661 g/mol. The second-order valence-corrected chi connectivity index (χ2v) is 13.8. The third-order valence-corrected chi connectivity index (χ3v) is 10.0. The minimum atomic E-state index is -1.52. The molecule has 8 nitrogen and oxygen atoms in total. The van der Waals surface area contributed by atoms with Gasteiger partial charge >= 0.3 is 0 Å². The van der Waals surface area contributed by atoms with Crippen LogP contribution in [0, 0.1) is 68.6 Å². The number of ether oxygens (including phenoxy) is 4. The van der Waals surface area contributed by atoms with Crippen molar-refractivity contribution in [2.24, 2.45) is 0 Å². The van der Waals surface area contributed by atoms with E-state index in [0.717, 1.165) is 22.3 Å². The smallest absolute Gasteiger partial charge is 0.192 e. The Morgan fingerprint density at radius 2 is 0.714 bits per heavy atom. The van der Waals surface area contributed by atoms with Crippen molar-refractivity contribution in [3.63, 3.8) is 0 Å². The van der Waals surface area contributed by atoms with E-state index in [1.807, 2.05) is 27.7 Å². The molecule has 240 valence electrons. The molecule has 0 radical (unpaired) electrons. The SMILES string of the molecule is CC1(C)CC2(CC(C)(C)c3cc4c(cc32)Oc2c(C#N)c(F)c(F)c(C#N)c2O4)c2cc3c(cc21)Oc1c(C#N)c(F)c(F)c(C#N)c1O3. The summed E-state index contributed by atoms with van der Waals surface area (Å²) in [6.07, 6.45) is 1.16. The average Bonchev–Trinajstić information content (AvgIpc) is 3.41. The van der Waals surface area contributed by atoms with Crippen LogP contribution in [0.3, 0.4) is 0 Å². The fraction of sp³-hybridized carbons (Fsp3) is 0.243. The summed E-state index contributed by atoms with van der Waals surface area (Å²) in [5.74, 6) is -7.07. The summed E-state index contributed by atoms with van der Waals surface area (Å²) >= 11 is 0. The van der Waals surface area contributed by atoms with Crippen LogP contribution in [0.4, 0.5) is 17.6 Å². The quantitative estimate of drug-likeness (QED) is 0.147. The van der Waals surface area contributed by atoms with Gasteiger partial charge in [-0.05, 0) is 70.2 Å². The van der Waals surface area contributed by atoms with Crippen molar-refractivity contribution in [2.45, 2.75) is 56.8 Å². The fourth-order valence-corrected chi connectivity index (χ4v) is 8.16. The molecule has 2 aliphatic carbocycles. The molecule has 1 spiro atoms. The molecule has 4 aromatic rings. The molecule has 4 aromatic carbocycles. The maximum atomic E-state index is 14.8. The predicted octanol–water partition coefficient (Wildman–Crippen LogP) is 9.17. The van der Waals surface area contributed by atoms with Gasteiger partial charge in [0.25, 0.3) is 0 Å². The Morgan fingerprint density at radius 3 is 0.959 bits per heavy atom. The van der Waals surface area contributed by atoms with Gasteiger partial charge in [-0.1, -0.05) is 27.7 Å². The first-order valence-electron chi connectivity index (χ1n) is 15.0. The first kappa shape index (κ1) is 30.1. The van der Waals surface area contributed by atoms with Gasteiger partial charge in [0.1, 0.15) is 46.5 Å². The summed E-state index contributed by atoms with van der Waals surface area (Å²) in [5.41, 5.74) is -1.17. The number of benzene rings is 4. The molecule has 2 aliphatic heterocycles. The highest BCUT2D eigenvalue weighted by molar-refractivity contribution is 5.72. The third-order valence-electron chi connectivity index (χ3n) is 10.0. The number of halogens is 4. The lowest BCUT2D eigenvalue weighted by Gasteiger charge is -2.31. The highest BCUT2D eigenvalue weighted by Crippen LogP contribution is 2.66. The van der Waals surface area contributed by atoms with Crippen LogP contribution in [-0.4, -0.2) is 0 Å². The Morgan fingerprint density at radius 1 is 0.469 bits per heavy atom. The number of rotatable bonds is 0. The number of hydrogen-bond donors (Lipinski definition) is 0. The second kappa shape index (κ2) is 9.43. The largest absolute Gasteiger partial charge is 0.448 e. The van der Waals surface area contributed by atoms with Gasteiger partial charge < -0.3 is 18.9 Å². The van der Waals surface area contributed by atoms with Crippen molar-refractivity contribution in [3.8, 4) is 70.3 Å². The van der Waals surface area contributed by atoms with Gasteiger partial charge in [-0.25, -0.2) is 17.6 Å². The standard InChI is InChI=1S/C37H20F4N4O4/c1-35(2)13-37(21-7-25-23(5-19(21)35)46-31-15(9-42)27(38)29(40)17(11-44)33(31)48-25)14-36(3,4)20-6-24-26(8-22(20)37)49-34-18(12-45)30(41)28(39)16(10-43)32(34)47-24/h5-8H,13-14H2,1-4H3. The lowest BCUT2D eigenvalue weighted by atomic mass is 9.72. The Labute approximate surface area is 276 Å². The molecule has 0 N–H and O–H groups in total. The number of nitrogens with zero attached hydrogens (tertiary/aromatic N) is 4. The van der Waals surface area contributed by atoms with Crippen molar-refractivity contribution in [1.29, 1.82) is 21.0 Å². The molecular formula is C37H20F4N4O4. The Balaban J connectivity index is 1.31. The van der Waals surface area contributed by atoms with Crippen LogP contribution in [0.5, 0.6) is 46.0 Å². The van der Waals surface area contributed by atoms with Crippen LogP contribution in [0.2, 0.25) is 0 Å². The van der Waals surface area contributed by atoms with E-state index in [-0.39, 0.29) is 34.5 Å². The molecule has 0 amide bonds. The van der Waals surface area contributed by atoms with Crippen LogP contribution in [0.25, 0.3) is 0 Å². The molecule has 2 heterocycles. The Kier molecular flexibility index (Phi) is 5.80. The Bertz CT molecular complexity index is 2290. The maximum absolute atomic E-state index is 14.8. The van der Waals surface area contributed by atoms with Gasteiger partial charge in [-0.2, -0.15) is 21.0 Å². The summed E-state index contributed by atoms with van der Waals surface area (Å²) in [7, 11) is 0. The number of hydrogen-bond acceptors (Lipinski definition) is 8. The number of nitriles is 4. The first-order valence-corrected chi connectivity index (χ1v) is 15.0. The molecular weight excluding hydrogens is 640 g/mol. The second-order valence-electron chi connectivity index (χ2n) is 13.8.